The highest BCUT2D eigenvalue weighted by atomic mass is 19.4. The molecule has 0 saturated carbocycles. The minimum atomic E-state index is -4.53. The molecule has 0 spiro atoms. The summed E-state index contributed by atoms with van der Waals surface area (Å²) in [6.07, 6.45) is -3.56. The summed E-state index contributed by atoms with van der Waals surface area (Å²) in [5.74, 6) is -0.996. The highest BCUT2D eigenvalue weighted by Gasteiger charge is 2.31. The van der Waals surface area contributed by atoms with E-state index in [0.717, 1.165) is 24.0 Å². The number of nitrogens with one attached hydrogen (secondary N) is 1. The van der Waals surface area contributed by atoms with Crippen molar-refractivity contribution in [3.63, 3.8) is 0 Å². The Morgan fingerprint density at radius 3 is 2.67 bits per heavy atom. The highest BCUT2D eigenvalue weighted by Crippen LogP contribution is 2.29. The van der Waals surface area contributed by atoms with Gasteiger partial charge in [0.15, 0.2) is 0 Å². The SMILES string of the molecule is Cc1cc(C)n2nc(C(=O)Nc3cc(C(F)(F)F)ccn3)nc2n1. The van der Waals surface area contributed by atoms with Crippen molar-refractivity contribution in [1.29, 1.82) is 0 Å². The highest BCUT2D eigenvalue weighted by molar-refractivity contribution is 6.01. The Bertz CT molecular complexity index is 934. The topological polar surface area (TPSA) is 85.1 Å². The van der Waals surface area contributed by atoms with Crippen molar-refractivity contribution in [3.05, 3.63) is 47.2 Å². The molecule has 0 fully saturated rings. The molecule has 7 nitrogen and oxygen atoms in total. The fourth-order valence-electron chi connectivity index (χ4n) is 2.11. The van der Waals surface area contributed by atoms with Gasteiger partial charge < -0.3 is 5.32 Å². The number of fused-ring (bicyclic) bond motifs is 1. The van der Waals surface area contributed by atoms with Gasteiger partial charge >= 0.3 is 6.18 Å². The first kappa shape index (κ1) is 15.8. The van der Waals surface area contributed by atoms with Gasteiger partial charge in [-0.3, -0.25) is 4.79 Å². The number of rotatable bonds is 2. The van der Waals surface area contributed by atoms with Crippen molar-refractivity contribution < 1.29 is 18.0 Å². The number of aromatic nitrogens is 5. The second-order valence-corrected chi connectivity index (χ2v) is 5.07. The van der Waals surface area contributed by atoms with Gasteiger partial charge in [0, 0.05) is 17.6 Å². The van der Waals surface area contributed by atoms with Gasteiger partial charge in [0.25, 0.3) is 11.7 Å². The molecule has 3 aromatic rings. The molecule has 124 valence electrons. The van der Waals surface area contributed by atoms with Crippen LogP contribution < -0.4 is 5.32 Å². The molecule has 3 heterocycles. The zero-order chi connectivity index (χ0) is 17.5. The molecule has 0 aliphatic heterocycles. The number of anilines is 1. The third-order valence-corrected chi connectivity index (χ3v) is 3.15. The number of amides is 1. The molecule has 3 aromatic heterocycles. The number of hydrogen-bond donors (Lipinski definition) is 1. The quantitative estimate of drug-likeness (QED) is 0.777. The molecule has 0 bridgehead atoms. The van der Waals surface area contributed by atoms with Crippen LogP contribution in [0.2, 0.25) is 0 Å². The monoisotopic (exact) mass is 336 g/mol. The summed E-state index contributed by atoms with van der Waals surface area (Å²) in [6.45, 7) is 3.54. The van der Waals surface area contributed by atoms with Crippen molar-refractivity contribution in [1.82, 2.24) is 24.6 Å². The van der Waals surface area contributed by atoms with Crippen molar-refractivity contribution >= 4 is 17.5 Å². The van der Waals surface area contributed by atoms with Gasteiger partial charge in [-0.15, -0.1) is 5.10 Å². The lowest BCUT2D eigenvalue weighted by Crippen LogP contribution is -2.16. The van der Waals surface area contributed by atoms with E-state index in [0.29, 0.717) is 5.69 Å². The average molecular weight is 336 g/mol. The van der Waals surface area contributed by atoms with E-state index in [2.05, 4.69) is 25.4 Å². The first-order chi connectivity index (χ1) is 11.2. The fraction of sp³-hybridized carbons (Fsp3) is 0.214. The molecular formula is C14H11F3N6O. The molecular weight excluding hydrogens is 325 g/mol. The smallest absolute Gasteiger partial charge is 0.304 e. The third kappa shape index (κ3) is 3.03. The molecule has 0 saturated heterocycles. The molecule has 0 unspecified atom stereocenters. The molecule has 0 aliphatic carbocycles. The number of nitrogens with zero attached hydrogens (tertiary/aromatic N) is 5. The van der Waals surface area contributed by atoms with Gasteiger partial charge in [0.2, 0.25) is 5.82 Å². The third-order valence-electron chi connectivity index (χ3n) is 3.15. The summed E-state index contributed by atoms with van der Waals surface area (Å²) in [5.41, 5.74) is 0.518. The maximum Gasteiger partial charge on any atom is 0.416 e. The van der Waals surface area contributed by atoms with E-state index in [1.165, 1.54) is 4.52 Å². The van der Waals surface area contributed by atoms with Gasteiger partial charge in [-0.05, 0) is 32.0 Å². The molecule has 10 heteroatoms. The van der Waals surface area contributed by atoms with E-state index in [-0.39, 0.29) is 17.4 Å². The Morgan fingerprint density at radius 1 is 1.21 bits per heavy atom. The van der Waals surface area contributed by atoms with E-state index >= 15 is 0 Å². The molecule has 0 radical (unpaired) electrons. The summed E-state index contributed by atoms with van der Waals surface area (Å²) >= 11 is 0. The van der Waals surface area contributed by atoms with E-state index in [1.54, 1.807) is 19.9 Å². The first-order valence-corrected chi connectivity index (χ1v) is 6.79. The number of carbonyl (C=O) groups is 1. The Kier molecular flexibility index (Phi) is 3.66. The normalized spacial score (nSPS) is 11.7. The standard InChI is InChI=1S/C14H11F3N6O/c1-7-5-8(2)23-13(19-7)21-11(22-23)12(24)20-10-6-9(3-4-18-10)14(15,16)17/h3-6H,1-2H3,(H,18,20,24). The summed E-state index contributed by atoms with van der Waals surface area (Å²) < 4.78 is 39.4. The van der Waals surface area contributed by atoms with Crippen LogP contribution in [0, 0.1) is 13.8 Å². The number of pyridine rings is 1. The minimum absolute atomic E-state index is 0.213. The van der Waals surface area contributed by atoms with E-state index < -0.39 is 17.6 Å². The van der Waals surface area contributed by atoms with Crippen LogP contribution in [0.3, 0.4) is 0 Å². The Hall–Kier alpha value is -3.04. The van der Waals surface area contributed by atoms with Gasteiger partial charge in [-0.25, -0.2) is 14.5 Å². The van der Waals surface area contributed by atoms with Crippen LogP contribution in [0.15, 0.2) is 24.4 Å². The van der Waals surface area contributed by atoms with Crippen LogP contribution in [-0.4, -0.2) is 30.5 Å². The van der Waals surface area contributed by atoms with Crippen LogP contribution in [-0.2, 0) is 6.18 Å². The van der Waals surface area contributed by atoms with E-state index in [4.69, 9.17) is 0 Å². The van der Waals surface area contributed by atoms with Crippen molar-refractivity contribution in [2.45, 2.75) is 20.0 Å². The molecule has 3 rings (SSSR count). The van der Waals surface area contributed by atoms with Crippen LogP contribution in [0.25, 0.3) is 5.78 Å². The second-order valence-electron chi connectivity index (χ2n) is 5.07. The fourth-order valence-corrected chi connectivity index (χ4v) is 2.11. The Morgan fingerprint density at radius 2 is 1.96 bits per heavy atom. The second kappa shape index (κ2) is 5.55. The number of alkyl halides is 3. The zero-order valence-electron chi connectivity index (χ0n) is 12.6. The lowest BCUT2D eigenvalue weighted by Gasteiger charge is -2.08. The minimum Gasteiger partial charge on any atom is -0.304 e. The van der Waals surface area contributed by atoms with Gasteiger partial charge in [-0.2, -0.15) is 18.2 Å². The van der Waals surface area contributed by atoms with Crippen molar-refractivity contribution in [2.24, 2.45) is 0 Å². The summed E-state index contributed by atoms with van der Waals surface area (Å²) in [4.78, 5) is 24.0. The predicted octanol–water partition coefficient (Wildman–Crippen LogP) is 2.41. The van der Waals surface area contributed by atoms with Gasteiger partial charge in [-0.1, -0.05) is 0 Å². The average Bonchev–Trinajstić information content (AvgIpc) is 2.91. The van der Waals surface area contributed by atoms with Crippen LogP contribution >= 0.6 is 0 Å². The molecule has 0 atom stereocenters. The Labute approximate surface area is 133 Å². The number of aryl methyl sites for hydroxylation is 2. The number of hydrogen-bond acceptors (Lipinski definition) is 5. The van der Waals surface area contributed by atoms with Gasteiger partial charge in [0.1, 0.15) is 5.82 Å². The lowest BCUT2D eigenvalue weighted by molar-refractivity contribution is -0.137. The maximum absolute atomic E-state index is 12.7. The summed E-state index contributed by atoms with van der Waals surface area (Å²) in [7, 11) is 0. The number of halogens is 3. The zero-order valence-corrected chi connectivity index (χ0v) is 12.6. The largest absolute Gasteiger partial charge is 0.416 e. The van der Waals surface area contributed by atoms with Gasteiger partial charge in [0.05, 0.1) is 5.56 Å². The molecule has 1 N–H and O–H groups in total. The summed E-state index contributed by atoms with van der Waals surface area (Å²) in [6, 6.07) is 3.31. The molecule has 0 aliphatic rings. The molecule has 24 heavy (non-hydrogen) atoms. The predicted molar refractivity (Wildman–Crippen MR) is 77.4 cm³/mol. The van der Waals surface area contributed by atoms with Crippen LogP contribution in [0.5, 0.6) is 0 Å². The maximum atomic E-state index is 12.7. The first-order valence-electron chi connectivity index (χ1n) is 6.79. The Balaban J connectivity index is 1.89. The molecule has 1 amide bonds. The summed E-state index contributed by atoms with van der Waals surface area (Å²) in [5, 5.41) is 6.25. The van der Waals surface area contributed by atoms with Crippen LogP contribution in [0.4, 0.5) is 19.0 Å². The van der Waals surface area contributed by atoms with E-state index in [9.17, 15) is 18.0 Å². The van der Waals surface area contributed by atoms with Crippen LogP contribution in [0.1, 0.15) is 27.6 Å². The van der Waals surface area contributed by atoms with E-state index in [1.807, 2.05) is 0 Å². The van der Waals surface area contributed by atoms with Crippen molar-refractivity contribution in [3.8, 4) is 0 Å². The lowest BCUT2D eigenvalue weighted by atomic mass is 10.2. The number of carbonyl (C=O) groups excluding carboxylic acids is 1. The van der Waals surface area contributed by atoms with Crippen molar-refractivity contribution in [2.75, 3.05) is 5.32 Å². The molecule has 0 aromatic carbocycles.